The summed E-state index contributed by atoms with van der Waals surface area (Å²) in [5, 5.41) is 9.14. The predicted molar refractivity (Wildman–Crippen MR) is 84.3 cm³/mol. The Bertz CT molecular complexity index is 845. The molecule has 23 heavy (non-hydrogen) atoms. The van der Waals surface area contributed by atoms with Crippen LogP contribution >= 0.6 is 0 Å². The van der Waals surface area contributed by atoms with Gasteiger partial charge in [-0.05, 0) is 31.0 Å². The zero-order valence-corrected chi connectivity index (χ0v) is 12.6. The third-order valence-corrected chi connectivity index (χ3v) is 4.49. The molecule has 0 radical (unpaired) electrons. The lowest BCUT2D eigenvalue weighted by atomic mass is 9.95. The third-order valence-electron chi connectivity index (χ3n) is 4.49. The van der Waals surface area contributed by atoms with E-state index in [9.17, 15) is 4.79 Å². The van der Waals surface area contributed by atoms with Gasteiger partial charge in [-0.15, -0.1) is 0 Å². The van der Waals surface area contributed by atoms with Gasteiger partial charge in [0, 0.05) is 6.04 Å². The number of rotatable bonds is 3. The highest BCUT2D eigenvalue weighted by molar-refractivity contribution is 5.89. The summed E-state index contributed by atoms with van der Waals surface area (Å²) in [6, 6.07) is 5.61. The van der Waals surface area contributed by atoms with E-state index in [1.165, 1.54) is 19.3 Å². The first-order valence-electron chi connectivity index (χ1n) is 7.89. The molecule has 0 bridgehead atoms. The second kappa shape index (κ2) is 5.53. The molecule has 1 saturated carbocycles. The number of nitrogens with zero attached hydrogens (tertiary/aromatic N) is 3. The fourth-order valence-electron chi connectivity index (χ4n) is 3.40. The number of furan rings is 1. The topological polar surface area (TPSA) is 81.2 Å². The standard InChI is InChI=1S/C17H17N3O3/c21-17(22)13-6-7-14-15(18-13)19-16(11-8-9-23-10-11)20(14)12-4-2-1-3-5-12/h6-10,12H,1-5H2,(H,21,22). The molecule has 0 atom stereocenters. The number of aromatic nitrogens is 3. The number of carboxylic acid groups (broad SMARTS) is 1. The second-order valence-electron chi connectivity index (χ2n) is 5.95. The SMILES string of the molecule is O=C(O)c1ccc2c(n1)nc(-c1ccoc1)n2C1CCCCC1. The maximum atomic E-state index is 11.2. The van der Waals surface area contributed by atoms with Crippen LogP contribution in [0, 0.1) is 0 Å². The van der Waals surface area contributed by atoms with Gasteiger partial charge in [-0.3, -0.25) is 0 Å². The number of hydrogen-bond acceptors (Lipinski definition) is 4. The molecule has 0 aromatic carbocycles. The Morgan fingerprint density at radius 3 is 2.70 bits per heavy atom. The third kappa shape index (κ3) is 2.40. The molecule has 6 heteroatoms. The van der Waals surface area contributed by atoms with E-state index in [0.29, 0.717) is 11.7 Å². The Morgan fingerprint density at radius 1 is 1.17 bits per heavy atom. The molecule has 1 N–H and O–H groups in total. The summed E-state index contributed by atoms with van der Waals surface area (Å²) in [6.07, 6.45) is 9.18. The highest BCUT2D eigenvalue weighted by Crippen LogP contribution is 2.35. The van der Waals surface area contributed by atoms with Crippen LogP contribution in [0.4, 0.5) is 0 Å². The Labute approximate surface area is 132 Å². The van der Waals surface area contributed by atoms with E-state index < -0.39 is 5.97 Å². The number of carboxylic acids is 1. The van der Waals surface area contributed by atoms with Gasteiger partial charge in [0.15, 0.2) is 11.3 Å². The molecule has 0 spiro atoms. The van der Waals surface area contributed by atoms with Crippen LogP contribution in [0.25, 0.3) is 22.6 Å². The smallest absolute Gasteiger partial charge is 0.354 e. The minimum absolute atomic E-state index is 0.0181. The fraction of sp³-hybridized carbons (Fsp3) is 0.353. The largest absolute Gasteiger partial charge is 0.477 e. The van der Waals surface area contributed by atoms with Crippen LogP contribution in [-0.2, 0) is 0 Å². The molecule has 0 unspecified atom stereocenters. The van der Waals surface area contributed by atoms with E-state index in [1.54, 1.807) is 18.6 Å². The van der Waals surface area contributed by atoms with Crippen molar-refractivity contribution in [1.82, 2.24) is 14.5 Å². The van der Waals surface area contributed by atoms with Crippen molar-refractivity contribution in [2.45, 2.75) is 38.1 Å². The molecule has 0 amide bonds. The number of imidazole rings is 1. The first kappa shape index (κ1) is 14.0. The molecule has 0 saturated heterocycles. The lowest BCUT2D eigenvalue weighted by molar-refractivity contribution is 0.0691. The van der Waals surface area contributed by atoms with Crippen molar-refractivity contribution in [3.05, 3.63) is 36.4 Å². The first-order chi connectivity index (χ1) is 11.2. The van der Waals surface area contributed by atoms with E-state index in [2.05, 4.69) is 14.5 Å². The fourth-order valence-corrected chi connectivity index (χ4v) is 3.40. The number of fused-ring (bicyclic) bond motifs is 1. The van der Waals surface area contributed by atoms with Gasteiger partial charge in [-0.25, -0.2) is 14.8 Å². The lowest BCUT2D eigenvalue weighted by Crippen LogP contribution is -2.14. The number of carbonyl (C=O) groups is 1. The van der Waals surface area contributed by atoms with E-state index in [-0.39, 0.29) is 5.69 Å². The zero-order chi connectivity index (χ0) is 15.8. The van der Waals surface area contributed by atoms with Crippen molar-refractivity contribution in [1.29, 1.82) is 0 Å². The Balaban J connectivity index is 1.92. The van der Waals surface area contributed by atoms with E-state index in [1.807, 2.05) is 12.1 Å². The number of pyridine rings is 1. The molecular weight excluding hydrogens is 294 g/mol. The molecule has 1 aliphatic rings. The van der Waals surface area contributed by atoms with Gasteiger partial charge in [-0.1, -0.05) is 19.3 Å². The molecule has 0 aliphatic heterocycles. The molecule has 3 aromatic rings. The van der Waals surface area contributed by atoms with Gasteiger partial charge in [-0.2, -0.15) is 0 Å². The van der Waals surface area contributed by atoms with E-state index in [4.69, 9.17) is 9.52 Å². The van der Waals surface area contributed by atoms with Crippen LogP contribution in [0.2, 0.25) is 0 Å². The van der Waals surface area contributed by atoms with E-state index >= 15 is 0 Å². The average Bonchev–Trinajstić information content (AvgIpc) is 3.22. The van der Waals surface area contributed by atoms with Crippen molar-refractivity contribution in [3.8, 4) is 11.4 Å². The minimum atomic E-state index is -1.04. The van der Waals surface area contributed by atoms with Gasteiger partial charge in [0.2, 0.25) is 0 Å². The number of hydrogen-bond donors (Lipinski definition) is 1. The quantitative estimate of drug-likeness (QED) is 0.793. The summed E-state index contributed by atoms with van der Waals surface area (Å²) in [4.78, 5) is 20.0. The number of aromatic carboxylic acids is 1. The molecule has 3 aromatic heterocycles. The van der Waals surface area contributed by atoms with Crippen LogP contribution in [0.1, 0.15) is 48.6 Å². The van der Waals surface area contributed by atoms with Gasteiger partial charge in [0.1, 0.15) is 12.1 Å². The van der Waals surface area contributed by atoms with Crippen molar-refractivity contribution in [2.24, 2.45) is 0 Å². The monoisotopic (exact) mass is 311 g/mol. The van der Waals surface area contributed by atoms with Crippen molar-refractivity contribution >= 4 is 17.1 Å². The predicted octanol–water partition coefficient (Wildman–Crippen LogP) is 3.89. The molecule has 3 heterocycles. The van der Waals surface area contributed by atoms with Crippen LogP contribution in [-0.4, -0.2) is 25.6 Å². The molecule has 1 fully saturated rings. The molecule has 118 valence electrons. The zero-order valence-electron chi connectivity index (χ0n) is 12.6. The molecule has 6 nitrogen and oxygen atoms in total. The second-order valence-corrected chi connectivity index (χ2v) is 5.95. The highest BCUT2D eigenvalue weighted by atomic mass is 16.4. The summed E-state index contributed by atoms with van der Waals surface area (Å²) in [6.45, 7) is 0. The maximum absolute atomic E-state index is 11.2. The van der Waals surface area contributed by atoms with Gasteiger partial charge < -0.3 is 14.1 Å². The first-order valence-corrected chi connectivity index (χ1v) is 7.89. The summed E-state index contributed by atoms with van der Waals surface area (Å²) >= 11 is 0. The van der Waals surface area contributed by atoms with Crippen molar-refractivity contribution in [3.63, 3.8) is 0 Å². The summed E-state index contributed by atoms with van der Waals surface area (Å²) in [7, 11) is 0. The Morgan fingerprint density at radius 2 is 2.00 bits per heavy atom. The van der Waals surface area contributed by atoms with Crippen molar-refractivity contribution in [2.75, 3.05) is 0 Å². The van der Waals surface area contributed by atoms with Crippen LogP contribution in [0.15, 0.2) is 35.1 Å². The van der Waals surface area contributed by atoms with Crippen LogP contribution in [0.3, 0.4) is 0 Å². The molecule has 4 rings (SSSR count). The van der Waals surface area contributed by atoms with Crippen LogP contribution in [0.5, 0.6) is 0 Å². The summed E-state index contributed by atoms with van der Waals surface area (Å²) in [5.41, 5.74) is 2.28. The maximum Gasteiger partial charge on any atom is 0.354 e. The molecular formula is C17H17N3O3. The highest BCUT2D eigenvalue weighted by Gasteiger charge is 2.23. The van der Waals surface area contributed by atoms with Gasteiger partial charge >= 0.3 is 5.97 Å². The Hall–Kier alpha value is -2.63. The molecule has 1 aliphatic carbocycles. The van der Waals surface area contributed by atoms with Crippen molar-refractivity contribution < 1.29 is 14.3 Å². The van der Waals surface area contributed by atoms with Crippen LogP contribution < -0.4 is 0 Å². The average molecular weight is 311 g/mol. The normalized spacial score (nSPS) is 16.0. The van der Waals surface area contributed by atoms with Gasteiger partial charge in [0.25, 0.3) is 0 Å². The Kier molecular flexibility index (Phi) is 3.37. The van der Waals surface area contributed by atoms with Gasteiger partial charge in [0.05, 0.1) is 17.3 Å². The lowest BCUT2D eigenvalue weighted by Gasteiger charge is -2.25. The minimum Gasteiger partial charge on any atom is -0.477 e. The summed E-state index contributed by atoms with van der Waals surface area (Å²) < 4.78 is 7.41. The summed E-state index contributed by atoms with van der Waals surface area (Å²) in [5.74, 6) is -0.236. The van der Waals surface area contributed by atoms with E-state index in [0.717, 1.165) is 29.7 Å².